The first-order chi connectivity index (χ1) is 16.7. The lowest BCUT2D eigenvalue weighted by atomic mass is 9.85. The number of para-hydroxylation sites is 1. The van der Waals surface area contributed by atoms with Crippen molar-refractivity contribution < 1.29 is 24.2 Å². The van der Waals surface area contributed by atoms with Crippen LogP contribution in [0, 0.1) is 0 Å². The van der Waals surface area contributed by atoms with E-state index in [4.69, 9.17) is 9.47 Å². The SMILES string of the molecule is COc1cccc(OC)c1/C(O)=C1\C(=O)C(=O)N(c2ccccc2)C1c1ccc(C(C)(C)C)cc1. The van der Waals surface area contributed by atoms with Gasteiger partial charge in [0.25, 0.3) is 11.7 Å². The molecule has 0 radical (unpaired) electrons. The molecule has 3 aromatic rings. The van der Waals surface area contributed by atoms with Crippen molar-refractivity contribution in [2.24, 2.45) is 0 Å². The van der Waals surface area contributed by atoms with Gasteiger partial charge in [-0.05, 0) is 40.8 Å². The molecular weight excluding hydrogens is 442 g/mol. The fourth-order valence-electron chi connectivity index (χ4n) is 4.39. The minimum Gasteiger partial charge on any atom is -0.506 e. The summed E-state index contributed by atoms with van der Waals surface area (Å²) in [6, 6.07) is 21.0. The first-order valence-corrected chi connectivity index (χ1v) is 11.4. The van der Waals surface area contributed by atoms with E-state index in [1.807, 2.05) is 30.3 Å². The number of aliphatic hydroxyl groups excluding tert-OH is 1. The Balaban J connectivity index is 1.99. The summed E-state index contributed by atoms with van der Waals surface area (Å²) in [4.78, 5) is 28.2. The van der Waals surface area contributed by atoms with Gasteiger partial charge in [-0.25, -0.2) is 0 Å². The molecule has 0 aromatic heterocycles. The molecule has 1 aliphatic rings. The predicted octanol–water partition coefficient (Wildman–Crippen LogP) is 5.63. The van der Waals surface area contributed by atoms with E-state index in [0.717, 1.165) is 5.56 Å². The molecule has 0 spiro atoms. The standard InChI is InChI=1S/C29H29NO5/c1-29(2,3)19-16-14-18(15-17-19)25-24(26(31)23-21(34-4)12-9-13-22(23)35-5)27(32)28(33)30(25)20-10-7-6-8-11-20/h6-17,25,31H,1-5H3/b26-24+. The molecule has 0 aliphatic carbocycles. The highest BCUT2D eigenvalue weighted by Gasteiger charge is 2.47. The van der Waals surface area contributed by atoms with Crippen molar-refractivity contribution in [2.75, 3.05) is 19.1 Å². The minimum absolute atomic E-state index is 0.0230. The monoisotopic (exact) mass is 471 g/mol. The van der Waals surface area contributed by atoms with Gasteiger partial charge in [0.1, 0.15) is 22.8 Å². The molecular formula is C29H29NO5. The number of carbonyl (C=O) groups excluding carboxylic acids is 2. The zero-order chi connectivity index (χ0) is 25.3. The van der Waals surface area contributed by atoms with Crippen LogP contribution in [0.2, 0.25) is 0 Å². The molecule has 6 heteroatoms. The summed E-state index contributed by atoms with van der Waals surface area (Å²) >= 11 is 0. The number of hydrogen-bond acceptors (Lipinski definition) is 5. The molecule has 0 saturated carbocycles. The normalized spacial score (nSPS) is 17.5. The predicted molar refractivity (Wildman–Crippen MR) is 136 cm³/mol. The Bertz CT molecular complexity index is 1260. The van der Waals surface area contributed by atoms with Gasteiger partial charge in [0, 0.05) is 5.69 Å². The molecule has 6 nitrogen and oxygen atoms in total. The number of ketones is 1. The van der Waals surface area contributed by atoms with Gasteiger partial charge in [-0.3, -0.25) is 14.5 Å². The average Bonchev–Trinajstić information content (AvgIpc) is 3.13. The average molecular weight is 472 g/mol. The van der Waals surface area contributed by atoms with Gasteiger partial charge >= 0.3 is 0 Å². The molecule has 1 heterocycles. The summed E-state index contributed by atoms with van der Waals surface area (Å²) in [6.07, 6.45) is 0. The first-order valence-electron chi connectivity index (χ1n) is 11.4. The highest BCUT2D eigenvalue weighted by molar-refractivity contribution is 6.51. The molecule has 1 N–H and O–H groups in total. The molecule has 1 saturated heterocycles. The van der Waals surface area contributed by atoms with E-state index in [1.165, 1.54) is 19.1 Å². The topological polar surface area (TPSA) is 76.1 Å². The molecule has 3 aromatic carbocycles. The van der Waals surface area contributed by atoms with Gasteiger partial charge in [0.15, 0.2) is 0 Å². The number of hydrogen-bond donors (Lipinski definition) is 1. The summed E-state index contributed by atoms with van der Waals surface area (Å²) in [5.74, 6) is -1.18. The lowest BCUT2D eigenvalue weighted by Gasteiger charge is -2.27. The number of ether oxygens (including phenoxy) is 2. The maximum Gasteiger partial charge on any atom is 0.300 e. The minimum atomic E-state index is -0.832. The molecule has 1 unspecified atom stereocenters. The zero-order valence-corrected chi connectivity index (χ0v) is 20.5. The molecule has 4 rings (SSSR count). The number of amides is 1. The van der Waals surface area contributed by atoms with Crippen molar-refractivity contribution in [3.8, 4) is 11.5 Å². The van der Waals surface area contributed by atoms with Crippen molar-refractivity contribution in [2.45, 2.75) is 32.2 Å². The largest absolute Gasteiger partial charge is 0.506 e. The number of benzene rings is 3. The van der Waals surface area contributed by atoms with Crippen molar-refractivity contribution in [1.29, 1.82) is 0 Å². The maximum absolute atomic E-state index is 13.4. The second-order valence-electron chi connectivity index (χ2n) is 9.41. The van der Waals surface area contributed by atoms with Crippen LogP contribution in [-0.4, -0.2) is 31.0 Å². The van der Waals surface area contributed by atoms with E-state index in [-0.39, 0.29) is 22.3 Å². The van der Waals surface area contributed by atoms with Crippen LogP contribution in [0.3, 0.4) is 0 Å². The van der Waals surface area contributed by atoms with E-state index in [2.05, 4.69) is 20.8 Å². The van der Waals surface area contributed by atoms with Crippen LogP contribution < -0.4 is 14.4 Å². The van der Waals surface area contributed by atoms with Crippen LogP contribution in [0.4, 0.5) is 5.69 Å². The summed E-state index contributed by atoms with van der Waals surface area (Å²) in [5.41, 5.74) is 2.52. The van der Waals surface area contributed by atoms with Crippen molar-refractivity contribution in [1.82, 2.24) is 0 Å². The third-order valence-electron chi connectivity index (χ3n) is 6.24. The number of methoxy groups -OCH3 is 2. The van der Waals surface area contributed by atoms with E-state index in [0.29, 0.717) is 22.7 Å². The van der Waals surface area contributed by atoms with Gasteiger partial charge in [0.2, 0.25) is 0 Å². The van der Waals surface area contributed by atoms with Crippen molar-refractivity contribution >= 4 is 23.1 Å². The van der Waals surface area contributed by atoms with Crippen molar-refractivity contribution in [3.05, 3.63) is 95.1 Å². The quantitative estimate of drug-likeness (QED) is 0.297. The molecule has 1 aliphatic heterocycles. The Labute approximate surface area is 205 Å². The Morgan fingerprint density at radius 1 is 0.829 bits per heavy atom. The molecule has 0 bridgehead atoms. The fourth-order valence-corrected chi connectivity index (χ4v) is 4.39. The highest BCUT2D eigenvalue weighted by Crippen LogP contribution is 2.45. The lowest BCUT2D eigenvalue weighted by Crippen LogP contribution is -2.29. The Morgan fingerprint density at radius 2 is 1.40 bits per heavy atom. The number of carbonyl (C=O) groups is 2. The summed E-state index contributed by atoms with van der Waals surface area (Å²) in [6.45, 7) is 6.35. The van der Waals surface area contributed by atoms with Crippen LogP contribution in [-0.2, 0) is 15.0 Å². The van der Waals surface area contributed by atoms with E-state index >= 15 is 0 Å². The van der Waals surface area contributed by atoms with E-state index in [9.17, 15) is 14.7 Å². The zero-order valence-electron chi connectivity index (χ0n) is 20.5. The second-order valence-corrected chi connectivity index (χ2v) is 9.41. The lowest BCUT2D eigenvalue weighted by molar-refractivity contribution is -0.132. The number of nitrogens with zero attached hydrogens (tertiary/aromatic N) is 1. The molecule has 1 amide bonds. The number of anilines is 1. The van der Waals surface area contributed by atoms with Crippen LogP contribution in [0.5, 0.6) is 11.5 Å². The van der Waals surface area contributed by atoms with Gasteiger partial charge < -0.3 is 14.6 Å². The second kappa shape index (κ2) is 9.29. The third kappa shape index (κ3) is 4.28. The van der Waals surface area contributed by atoms with Crippen LogP contribution in [0.25, 0.3) is 5.76 Å². The van der Waals surface area contributed by atoms with E-state index < -0.39 is 17.7 Å². The highest BCUT2D eigenvalue weighted by atomic mass is 16.5. The van der Waals surface area contributed by atoms with E-state index in [1.54, 1.807) is 42.5 Å². The number of Topliss-reactive ketones (excluding diaryl/α,β-unsaturated/α-hetero) is 1. The molecule has 1 atom stereocenters. The fraction of sp³-hybridized carbons (Fsp3) is 0.241. The Hall–Kier alpha value is -4.06. The Kier molecular flexibility index (Phi) is 6.39. The molecule has 1 fully saturated rings. The van der Waals surface area contributed by atoms with Crippen LogP contribution in [0.1, 0.15) is 43.5 Å². The van der Waals surface area contributed by atoms with Gasteiger partial charge in [0.05, 0.1) is 25.8 Å². The van der Waals surface area contributed by atoms with Gasteiger partial charge in [-0.1, -0.05) is 69.3 Å². The van der Waals surface area contributed by atoms with Crippen molar-refractivity contribution in [3.63, 3.8) is 0 Å². The third-order valence-corrected chi connectivity index (χ3v) is 6.24. The first kappa shape index (κ1) is 24.1. The van der Waals surface area contributed by atoms with Crippen LogP contribution >= 0.6 is 0 Å². The molecule has 35 heavy (non-hydrogen) atoms. The van der Waals surface area contributed by atoms with Gasteiger partial charge in [-0.15, -0.1) is 0 Å². The summed E-state index contributed by atoms with van der Waals surface area (Å²) in [5, 5.41) is 11.5. The smallest absolute Gasteiger partial charge is 0.300 e. The van der Waals surface area contributed by atoms with Gasteiger partial charge in [-0.2, -0.15) is 0 Å². The summed E-state index contributed by atoms with van der Waals surface area (Å²) < 4.78 is 10.9. The summed E-state index contributed by atoms with van der Waals surface area (Å²) in [7, 11) is 2.94. The Morgan fingerprint density at radius 3 is 1.91 bits per heavy atom. The number of aliphatic hydroxyl groups is 1. The maximum atomic E-state index is 13.4. The molecule has 180 valence electrons. The number of rotatable bonds is 5. The van der Waals surface area contributed by atoms with Crippen LogP contribution in [0.15, 0.2) is 78.4 Å².